The highest BCUT2D eigenvalue weighted by molar-refractivity contribution is 5.76. The Balaban J connectivity index is 2.04. The van der Waals surface area contributed by atoms with Crippen LogP contribution in [0.5, 0.6) is 0 Å². The van der Waals surface area contributed by atoms with Gasteiger partial charge in [-0.25, -0.2) is 9.78 Å². The number of carbonyl (C=O) groups is 1. The topological polar surface area (TPSA) is 75.4 Å². The molecule has 0 aliphatic rings. The number of hydrogen-bond donors (Lipinski definition) is 2. The maximum absolute atomic E-state index is 10.6. The van der Waals surface area contributed by atoms with E-state index in [0.717, 1.165) is 11.1 Å². The Hall–Kier alpha value is -3.08. The van der Waals surface area contributed by atoms with E-state index in [1.807, 2.05) is 60.7 Å². The highest BCUT2D eigenvalue weighted by Crippen LogP contribution is 2.32. The number of nitrogens with one attached hydrogen (secondary N) is 1. The summed E-state index contributed by atoms with van der Waals surface area (Å²) in [5.41, 5.74) is 2.52. The summed E-state index contributed by atoms with van der Waals surface area (Å²) in [4.78, 5) is 15.1. The van der Waals surface area contributed by atoms with Crippen molar-refractivity contribution in [2.75, 3.05) is 0 Å². The third kappa shape index (κ3) is 2.98. The van der Waals surface area contributed by atoms with Gasteiger partial charge in [0.25, 0.3) is 0 Å². The zero-order valence-corrected chi connectivity index (χ0v) is 11.7. The van der Waals surface area contributed by atoms with E-state index in [0.29, 0.717) is 17.3 Å². The first kappa shape index (κ1) is 13.9. The van der Waals surface area contributed by atoms with Crippen molar-refractivity contribution in [1.82, 2.24) is 10.3 Å². The Morgan fingerprint density at radius 3 is 2.18 bits per heavy atom. The van der Waals surface area contributed by atoms with Gasteiger partial charge in [-0.15, -0.1) is 0 Å². The highest BCUT2D eigenvalue weighted by Gasteiger charge is 2.16. The lowest BCUT2D eigenvalue weighted by atomic mass is 10.1. The lowest BCUT2D eigenvalue weighted by molar-refractivity contribution is 0.192. The fourth-order valence-electron chi connectivity index (χ4n) is 2.17. The normalized spacial score (nSPS) is 10.4. The van der Waals surface area contributed by atoms with Crippen LogP contribution < -0.4 is 5.32 Å². The zero-order valence-electron chi connectivity index (χ0n) is 11.7. The van der Waals surface area contributed by atoms with Gasteiger partial charge in [-0.3, -0.25) is 0 Å². The van der Waals surface area contributed by atoms with Crippen LogP contribution in [0.1, 0.15) is 5.89 Å². The van der Waals surface area contributed by atoms with Gasteiger partial charge in [-0.05, 0) is 0 Å². The average Bonchev–Trinajstić information content (AvgIpc) is 2.99. The van der Waals surface area contributed by atoms with Gasteiger partial charge in [0.1, 0.15) is 5.69 Å². The van der Waals surface area contributed by atoms with Crippen molar-refractivity contribution >= 4 is 6.09 Å². The first-order chi connectivity index (χ1) is 10.7. The molecule has 0 atom stereocenters. The third-order valence-corrected chi connectivity index (χ3v) is 3.15. The highest BCUT2D eigenvalue weighted by atomic mass is 16.4. The van der Waals surface area contributed by atoms with E-state index in [-0.39, 0.29) is 6.54 Å². The van der Waals surface area contributed by atoms with Crippen LogP contribution >= 0.6 is 0 Å². The lowest BCUT2D eigenvalue weighted by Gasteiger charge is -2.00. The molecule has 0 radical (unpaired) electrons. The minimum absolute atomic E-state index is 0.0298. The molecule has 3 rings (SSSR count). The molecule has 0 saturated carbocycles. The van der Waals surface area contributed by atoms with E-state index in [9.17, 15) is 4.79 Å². The predicted octanol–water partition coefficient (Wildman–Crippen LogP) is 3.78. The van der Waals surface area contributed by atoms with Crippen LogP contribution in [0, 0.1) is 0 Å². The van der Waals surface area contributed by atoms with Gasteiger partial charge in [-0.2, -0.15) is 0 Å². The smallest absolute Gasteiger partial charge is 0.405 e. The monoisotopic (exact) mass is 294 g/mol. The number of amides is 1. The summed E-state index contributed by atoms with van der Waals surface area (Å²) >= 11 is 0. The van der Waals surface area contributed by atoms with E-state index in [2.05, 4.69) is 10.3 Å². The Labute approximate surface area is 127 Å². The van der Waals surface area contributed by atoms with E-state index in [4.69, 9.17) is 9.52 Å². The van der Waals surface area contributed by atoms with Crippen molar-refractivity contribution in [2.24, 2.45) is 0 Å². The van der Waals surface area contributed by atoms with Crippen molar-refractivity contribution in [3.63, 3.8) is 0 Å². The van der Waals surface area contributed by atoms with E-state index in [1.54, 1.807) is 0 Å². The number of rotatable bonds is 4. The molecule has 22 heavy (non-hydrogen) atoms. The van der Waals surface area contributed by atoms with Gasteiger partial charge in [0.2, 0.25) is 5.89 Å². The fraction of sp³-hybridized carbons (Fsp3) is 0.0588. The number of aromatic nitrogens is 1. The molecule has 1 heterocycles. The van der Waals surface area contributed by atoms with Gasteiger partial charge in [0.15, 0.2) is 5.76 Å². The molecule has 0 aliphatic heterocycles. The predicted molar refractivity (Wildman–Crippen MR) is 82.2 cm³/mol. The summed E-state index contributed by atoms with van der Waals surface area (Å²) in [6.45, 7) is 0.0298. The van der Waals surface area contributed by atoms with Crippen LogP contribution in [0.2, 0.25) is 0 Å². The summed E-state index contributed by atoms with van der Waals surface area (Å²) in [5, 5.41) is 11.0. The first-order valence-electron chi connectivity index (χ1n) is 6.81. The quantitative estimate of drug-likeness (QED) is 0.768. The summed E-state index contributed by atoms with van der Waals surface area (Å²) in [7, 11) is 0. The molecule has 2 N–H and O–H groups in total. The number of carboxylic acid groups (broad SMARTS) is 1. The minimum atomic E-state index is -1.11. The van der Waals surface area contributed by atoms with Crippen LogP contribution in [0.25, 0.3) is 22.6 Å². The maximum atomic E-state index is 10.6. The second-order valence-electron chi connectivity index (χ2n) is 4.68. The van der Waals surface area contributed by atoms with E-state index in [1.165, 1.54) is 0 Å². The molecule has 1 aromatic heterocycles. The Morgan fingerprint density at radius 2 is 1.59 bits per heavy atom. The molecule has 0 spiro atoms. The van der Waals surface area contributed by atoms with Crippen LogP contribution in [0.4, 0.5) is 4.79 Å². The summed E-state index contributed by atoms with van der Waals surface area (Å²) < 4.78 is 5.77. The molecule has 0 fully saturated rings. The summed E-state index contributed by atoms with van der Waals surface area (Å²) in [6, 6.07) is 19.3. The van der Waals surface area contributed by atoms with Crippen molar-refractivity contribution in [2.45, 2.75) is 6.54 Å². The number of hydrogen-bond acceptors (Lipinski definition) is 3. The van der Waals surface area contributed by atoms with Gasteiger partial charge in [0.05, 0.1) is 6.54 Å². The average molecular weight is 294 g/mol. The molecule has 0 aliphatic carbocycles. The third-order valence-electron chi connectivity index (χ3n) is 3.15. The van der Waals surface area contributed by atoms with Crippen molar-refractivity contribution in [3.8, 4) is 22.6 Å². The second-order valence-corrected chi connectivity index (χ2v) is 4.68. The summed E-state index contributed by atoms with van der Waals surface area (Å²) in [5.74, 6) is 0.967. The van der Waals surface area contributed by atoms with Gasteiger partial charge >= 0.3 is 6.09 Å². The summed E-state index contributed by atoms with van der Waals surface area (Å²) in [6.07, 6.45) is -1.11. The van der Waals surface area contributed by atoms with Crippen LogP contribution in [0.3, 0.4) is 0 Å². The number of benzene rings is 2. The molecule has 1 amide bonds. The number of nitrogens with zero attached hydrogens (tertiary/aromatic N) is 1. The molecule has 5 nitrogen and oxygen atoms in total. The SMILES string of the molecule is O=C(O)NCc1nc(-c2ccccc2)c(-c2ccccc2)o1. The molecule has 0 saturated heterocycles. The van der Waals surface area contributed by atoms with Gasteiger partial charge < -0.3 is 14.8 Å². The van der Waals surface area contributed by atoms with E-state index >= 15 is 0 Å². The van der Waals surface area contributed by atoms with Gasteiger partial charge in [0, 0.05) is 11.1 Å². The fourth-order valence-corrected chi connectivity index (χ4v) is 2.17. The molecule has 5 heteroatoms. The van der Waals surface area contributed by atoms with Crippen LogP contribution in [-0.2, 0) is 6.54 Å². The Bertz CT molecular complexity index is 710. The minimum Gasteiger partial charge on any atom is -0.465 e. The largest absolute Gasteiger partial charge is 0.465 e. The first-order valence-corrected chi connectivity index (χ1v) is 6.81. The number of oxazole rings is 1. The molecule has 0 unspecified atom stereocenters. The van der Waals surface area contributed by atoms with Crippen molar-refractivity contribution in [3.05, 3.63) is 66.6 Å². The van der Waals surface area contributed by atoms with E-state index < -0.39 is 6.09 Å². The Morgan fingerprint density at radius 1 is 1.00 bits per heavy atom. The van der Waals surface area contributed by atoms with Crippen molar-refractivity contribution in [1.29, 1.82) is 0 Å². The zero-order chi connectivity index (χ0) is 15.4. The van der Waals surface area contributed by atoms with Gasteiger partial charge in [-0.1, -0.05) is 60.7 Å². The standard InChI is InChI=1S/C17H14N2O3/c20-17(21)18-11-14-19-15(12-7-3-1-4-8-12)16(22-14)13-9-5-2-6-10-13/h1-10,18H,11H2,(H,20,21). The lowest BCUT2D eigenvalue weighted by Crippen LogP contribution is -2.20. The van der Waals surface area contributed by atoms with Crippen LogP contribution in [0.15, 0.2) is 65.1 Å². The Kier molecular flexibility index (Phi) is 3.87. The molecular formula is C17H14N2O3. The van der Waals surface area contributed by atoms with Crippen LogP contribution in [-0.4, -0.2) is 16.2 Å². The molecule has 110 valence electrons. The molecule has 3 aromatic rings. The molecular weight excluding hydrogens is 280 g/mol. The molecule has 0 bridgehead atoms. The van der Waals surface area contributed by atoms with Crippen molar-refractivity contribution < 1.29 is 14.3 Å². The maximum Gasteiger partial charge on any atom is 0.405 e. The second kappa shape index (κ2) is 6.13. The molecule has 2 aromatic carbocycles.